The highest BCUT2D eigenvalue weighted by Gasteiger charge is 2.26. The maximum Gasteiger partial charge on any atom is 0.165 e. The molecule has 1 atom stereocenters. The van der Waals surface area contributed by atoms with Crippen LogP contribution in [0.3, 0.4) is 0 Å². The highest BCUT2D eigenvalue weighted by Crippen LogP contribution is 2.28. The lowest BCUT2D eigenvalue weighted by Gasteiger charge is -2.19. The molecule has 0 aliphatic rings. The zero-order valence-electron chi connectivity index (χ0n) is 9.89. The summed E-state index contributed by atoms with van der Waals surface area (Å²) in [6.07, 6.45) is -0.119. The first-order chi connectivity index (χ1) is 8.21. The SMILES string of the molecule is Cc1c(F)c(F)c(CCC(C)(Cl)CCl)c(F)c1F. The van der Waals surface area contributed by atoms with E-state index in [0.717, 1.165) is 6.92 Å². The van der Waals surface area contributed by atoms with Crippen molar-refractivity contribution in [2.75, 3.05) is 5.88 Å². The molecule has 1 aromatic carbocycles. The van der Waals surface area contributed by atoms with Crippen LogP contribution in [0.5, 0.6) is 0 Å². The van der Waals surface area contributed by atoms with E-state index in [1.54, 1.807) is 6.92 Å². The van der Waals surface area contributed by atoms with E-state index in [9.17, 15) is 17.6 Å². The Morgan fingerprint density at radius 2 is 1.44 bits per heavy atom. The molecule has 6 heteroatoms. The van der Waals surface area contributed by atoms with Crippen LogP contribution < -0.4 is 0 Å². The van der Waals surface area contributed by atoms with Crippen molar-refractivity contribution in [2.24, 2.45) is 0 Å². The molecule has 0 aliphatic carbocycles. The zero-order valence-corrected chi connectivity index (χ0v) is 11.4. The molecule has 1 rings (SSSR count). The Hall–Kier alpha value is -0.480. The largest absolute Gasteiger partial charge is 0.203 e. The third kappa shape index (κ3) is 3.09. The third-order valence-corrected chi connectivity index (χ3v) is 3.80. The maximum absolute atomic E-state index is 13.5. The molecular weight excluding hydrogens is 291 g/mol. The van der Waals surface area contributed by atoms with Gasteiger partial charge in [0.15, 0.2) is 23.3 Å². The van der Waals surface area contributed by atoms with Gasteiger partial charge in [0.2, 0.25) is 0 Å². The predicted molar refractivity (Wildman–Crippen MR) is 64.3 cm³/mol. The Morgan fingerprint density at radius 1 is 1.00 bits per heavy atom. The highest BCUT2D eigenvalue weighted by atomic mass is 35.5. The first-order valence-electron chi connectivity index (χ1n) is 5.27. The Morgan fingerprint density at radius 3 is 1.83 bits per heavy atom. The Balaban J connectivity index is 3.11. The Labute approximate surface area is 113 Å². The second kappa shape index (κ2) is 5.66. The normalized spacial score (nSPS) is 14.7. The van der Waals surface area contributed by atoms with Gasteiger partial charge in [-0.3, -0.25) is 0 Å². The van der Waals surface area contributed by atoms with Crippen molar-refractivity contribution in [3.05, 3.63) is 34.4 Å². The molecular formula is C12H12Cl2F4. The minimum absolute atomic E-state index is 0.0641. The van der Waals surface area contributed by atoms with Gasteiger partial charge in [0.1, 0.15) is 0 Å². The minimum atomic E-state index is -1.37. The number of rotatable bonds is 4. The van der Waals surface area contributed by atoms with E-state index < -0.39 is 39.3 Å². The van der Waals surface area contributed by atoms with Crippen molar-refractivity contribution in [1.82, 2.24) is 0 Å². The van der Waals surface area contributed by atoms with Gasteiger partial charge in [-0.2, -0.15) is 0 Å². The van der Waals surface area contributed by atoms with Gasteiger partial charge in [0.05, 0.1) is 4.87 Å². The molecule has 0 nitrogen and oxygen atoms in total. The first kappa shape index (κ1) is 15.6. The van der Waals surface area contributed by atoms with Crippen LogP contribution >= 0.6 is 23.2 Å². The molecule has 0 saturated heterocycles. The Bertz CT molecular complexity index is 429. The van der Waals surface area contributed by atoms with Gasteiger partial charge in [0, 0.05) is 17.0 Å². The first-order valence-corrected chi connectivity index (χ1v) is 6.19. The minimum Gasteiger partial charge on any atom is -0.203 e. The van der Waals surface area contributed by atoms with Gasteiger partial charge in [-0.1, -0.05) is 0 Å². The summed E-state index contributed by atoms with van der Waals surface area (Å²) in [7, 11) is 0. The molecule has 0 aromatic heterocycles. The lowest BCUT2D eigenvalue weighted by atomic mass is 9.99. The van der Waals surface area contributed by atoms with Crippen LogP contribution in [0.15, 0.2) is 0 Å². The smallest absolute Gasteiger partial charge is 0.165 e. The van der Waals surface area contributed by atoms with Gasteiger partial charge in [-0.05, 0) is 26.7 Å². The van der Waals surface area contributed by atoms with Crippen molar-refractivity contribution < 1.29 is 17.6 Å². The average Bonchev–Trinajstić information content (AvgIpc) is 2.34. The molecule has 0 spiro atoms. The standard InChI is InChI=1S/C12H12Cl2F4/c1-6-8(15)10(17)7(11(18)9(6)16)3-4-12(2,14)5-13/h3-5H2,1-2H3. The molecule has 1 unspecified atom stereocenters. The predicted octanol–water partition coefficient (Wildman–Crippen LogP) is 4.72. The quantitative estimate of drug-likeness (QED) is 0.429. The van der Waals surface area contributed by atoms with Gasteiger partial charge >= 0.3 is 0 Å². The summed E-state index contributed by atoms with van der Waals surface area (Å²) in [5.74, 6) is -5.41. The van der Waals surface area contributed by atoms with E-state index in [0.29, 0.717) is 0 Å². The second-order valence-electron chi connectivity index (χ2n) is 4.41. The molecule has 0 fully saturated rings. The topological polar surface area (TPSA) is 0 Å². The van der Waals surface area contributed by atoms with Crippen LogP contribution in [0.4, 0.5) is 17.6 Å². The van der Waals surface area contributed by atoms with Crippen LogP contribution in [-0.2, 0) is 6.42 Å². The molecule has 0 N–H and O–H groups in total. The number of hydrogen-bond donors (Lipinski definition) is 0. The number of alkyl halides is 2. The summed E-state index contributed by atoms with van der Waals surface area (Å²) in [5.41, 5.74) is -1.30. The van der Waals surface area contributed by atoms with Crippen molar-refractivity contribution >= 4 is 23.2 Å². The number of hydrogen-bond acceptors (Lipinski definition) is 0. The summed E-state index contributed by atoms with van der Waals surface area (Å²) in [5, 5.41) is 0. The molecule has 0 amide bonds. The van der Waals surface area contributed by atoms with Gasteiger partial charge in [-0.25, -0.2) is 17.6 Å². The molecule has 1 aromatic rings. The fourth-order valence-electron chi connectivity index (χ4n) is 1.46. The van der Waals surface area contributed by atoms with Crippen molar-refractivity contribution in [2.45, 2.75) is 31.6 Å². The summed E-state index contributed by atoms with van der Waals surface area (Å²) in [6.45, 7) is 2.56. The summed E-state index contributed by atoms with van der Waals surface area (Å²) in [6, 6.07) is 0. The molecule has 18 heavy (non-hydrogen) atoms. The van der Waals surface area contributed by atoms with Crippen molar-refractivity contribution in [3.63, 3.8) is 0 Å². The third-order valence-electron chi connectivity index (χ3n) is 2.75. The monoisotopic (exact) mass is 302 g/mol. The van der Waals surface area contributed by atoms with Crippen LogP contribution in [0.25, 0.3) is 0 Å². The molecule has 102 valence electrons. The van der Waals surface area contributed by atoms with Crippen LogP contribution in [0.1, 0.15) is 24.5 Å². The second-order valence-corrected chi connectivity index (χ2v) is 5.59. The molecule has 0 heterocycles. The van der Waals surface area contributed by atoms with E-state index in [1.807, 2.05) is 0 Å². The van der Waals surface area contributed by atoms with Gasteiger partial charge < -0.3 is 0 Å². The lowest BCUT2D eigenvalue weighted by molar-refractivity contribution is 0.426. The van der Waals surface area contributed by atoms with E-state index in [2.05, 4.69) is 0 Å². The molecule has 0 bridgehead atoms. The van der Waals surface area contributed by atoms with Crippen molar-refractivity contribution in [1.29, 1.82) is 0 Å². The summed E-state index contributed by atoms with van der Waals surface area (Å²) >= 11 is 11.5. The lowest BCUT2D eigenvalue weighted by Crippen LogP contribution is -2.20. The highest BCUT2D eigenvalue weighted by molar-refractivity contribution is 6.30. The Kier molecular flexibility index (Phi) is 4.90. The summed E-state index contributed by atoms with van der Waals surface area (Å²) in [4.78, 5) is -0.877. The fourth-order valence-corrected chi connectivity index (χ4v) is 1.69. The maximum atomic E-state index is 13.5. The van der Waals surface area contributed by atoms with E-state index in [-0.39, 0.29) is 18.7 Å². The van der Waals surface area contributed by atoms with E-state index in [4.69, 9.17) is 23.2 Å². The number of halogens is 6. The average molecular weight is 303 g/mol. The van der Waals surface area contributed by atoms with E-state index >= 15 is 0 Å². The summed E-state index contributed by atoms with van der Waals surface area (Å²) < 4.78 is 53.6. The van der Waals surface area contributed by atoms with Gasteiger partial charge in [-0.15, -0.1) is 23.2 Å². The van der Waals surface area contributed by atoms with Gasteiger partial charge in [0.25, 0.3) is 0 Å². The molecule has 0 radical (unpaired) electrons. The molecule has 0 saturated carbocycles. The fraction of sp³-hybridized carbons (Fsp3) is 0.500. The van der Waals surface area contributed by atoms with Crippen molar-refractivity contribution in [3.8, 4) is 0 Å². The molecule has 0 aliphatic heterocycles. The number of benzene rings is 1. The van der Waals surface area contributed by atoms with Crippen LogP contribution in [0.2, 0.25) is 0 Å². The van der Waals surface area contributed by atoms with E-state index in [1.165, 1.54) is 0 Å². The zero-order chi connectivity index (χ0) is 14.1. The van der Waals surface area contributed by atoms with Crippen LogP contribution in [0, 0.1) is 30.2 Å². The van der Waals surface area contributed by atoms with Crippen LogP contribution in [-0.4, -0.2) is 10.8 Å².